The van der Waals surface area contributed by atoms with Crippen LogP contribution >= 0.6 is 23.1 Å². The van der Waals surface area contributed by atoms with Gasteiger partial charge in [-0.3, -0.25) is 14.9 Å². The molecule has 0 amide bonds. The highest BCUT2D eigenvalue weighted by atomic mass is 35.5. The molecule has 5 aromatic rings. The van der Waals surface area contributed by atoms with Crippen molar-refractivity contribution in [1.29, 1.82) is 0 Å². The Balaban J connectivity index is 1.17. The number of fused-ring (bicyclic) bond motifs is 1. The SMILES string of the molecule is CCN=CC(=CN)c1ncc2snc(O[C@H](Cc3ccccc3OCc3ccnc(-c4ccccc4OC)n3)C(=O)O)c2c1C1=C(C)C(Cl)=C(OCCN2CCN(C)CC2)CC1. The molecule has 0 spiro atoms. The number of carboxylic acid groups (broad SMARTS) is 1. The van der Waals surface area contributed by atoms with Crippen molar-refractivity contribution in [2.24, 2.45) is 10.7 Å². The number of hydrogen-bond acceptors (Lipinski definition) is 14. The Labute approximate surface area is 370 Å². The van der Waals surface area contributed by atoms with E-state index in [-0.39, 0.29) is 18.9 Å². The van der Waals surface area contributed by atoms with Gasteiger partial charge in [-0.05, 0) is 79.8 Å². The second-order valence-electron chi connectivity index (χ2n) is 14.9. The van der Waals surface area contributed by atoms with E-state index in [0.717, 1.165) is 55.2 Å². The van der Waals surface area contributed by atoms with Gasteiger partial charge in [0.2, 0.25) is 12.0 Å². The molecule has 2 aromatic carbocycles. The third kappa shape index (κ3) is 10.2. The molecule has 16 heteroatoms. The first-order valence-corrected chi connectivity index (χ1v) is 21.7. The Morgan fingerprint density at radius 1 is 1.05 bits per heavy atom. The summed E-state index contributed by atoms with van der Waals surface area (Å²) in [6.07, 6.45) is 6.33. The van der Waals surface area contributed by atoms with Gasteiger partial charge in [0.25, 0.3) is 0 Å². The fourth-order valence-corrected chi connectivity index (χ4v) is 8.45. The maximum Gasteiger partial charge on any atom is 0.345 e. The van der Waals surface area contributed by atoms with Crippen molar-refractivity contribution in [3.63, 3.8) is 0 Å². The zero-order valence-electron chi connectivity index (χ0n) is 35.3. The van der Waals surface area contributed by atoms with Gasteiger partial charge in [-0.2, -0.15) is 4.37 Å². The number of benzene rings is 2. The number of methoxy groups -OCH3 is 1. The van der Waals surface area contributed by atoms with Gasteiger partial charge < -0.3 is 34.7 Å². The van der Waals surface area contributed by atoms with E-state index in [9.17, 15) is 9.90 Å². The quantitative estimate of drug-likeness (QED) is 0.0832. The van der Waals surface area contributed by atoms with Crippen molar-refractivity contribution in [3.8, 4) is 28.8 Å². The number of aromatic nitrogens is 4. The van der Waals surface area contributed by atoms with Crippen molar-refractivity contribution in [2.75, 3.05) is 60.0 Å². The summed E-state index contributed by atoms with van der Waals surface area (Å²) in [5.41, 5.74) is 11.8. The zero-order valence-corrected chi connectivity index (χ0v) is 36.9. The van der Waals surface area contributed by atoms with E-state index in [0.29, 0.717) is 86.5 Å². The zero-order chi connectivity index (χ0) is 43.6. The normalized spacial score (nSPS) is 16.0. The maximum atomic E-state index is 13.0. The number of para-hydroxylation sites is 2. The van der Waals surface area contributed by atoms with Crippen LogP contribution in [0.25, 0.3) is 32.6 Å². The Bertz CT molecular complexity index is 2510. The lowest BCUT2D eigenvalue weighted by molar-refractivity contribution is -0.145. The van der Waals surface area contributed by atoms with Crippen LogP contribution in [0.15, 0.2) is 94.5 Å². The molecule has 324 valence electrons. The monoisotopic (exact) mass is 878 g/mol. The summed E-state index contributed by atoms with van der Waals surface area (Å²) in [5, 5.41) is 11.8. The fraction of sp³-hybridized carbons (Fsp3) is 0.348. The second kappa shape index (κ2) is 20.8. The highest BCUT2D eigenvalue weighted by molar-refractivity contribution is 7.13. The molecule has 1 aliphatic heterocycles. The molecular weight excluding hydrogens is 828 g/mol. The summed E-state index contributed by atoms with van der Waals surface area (Å²) in [6.45, 7) is 10.0. The molecular formula is C46H51ClN8O6S. The van der Waals surface area contributed by atoms with Gasteiger partial charge in [-0.1, -0.05) is 41.9 Å². The molecule has 62 heavy (non-hydrogen) atoms. The minimum Gasteiger partial charge on any atom is -0.496 e. The first-order valence-electron chi connectivity index (χ1n) is 20.6. The molecule has 3 aromatic heterocycles. The van der Waals surface area contributed by atoms with Crippen LogP contribution in [-0.2, 0) is 22.6 Å². The molecule has 7 rings (SSSR count). The number of carboxylic acids is 1. The van der Waals surface area contributed by atoms with Crippen molar-refractivity contribution >= 4 is 56.5 Å². The van der Waals surface area contributed by atoms with Gasteiger partial charge >= 0.3 is 5.97 Å². The number of nitrogens with two attached hydrogens (primary N) is 1. The smallest absolute Gasteiger partial charge is 0.345 e. The number of nitrogens with zero attached hydrogens (tertiary/aromatic N) is 7. The molecule has 0 unspecified atom stereocenters. The van der Waals surface area contributed by atoms with Crippen LogP contribution in [0.5, 0.6) is 17.4 Å². The Hall–Kier alpha value is -5.87. The number of aliphatic carboxylic acids is 1. The minimum atomic E-state index is -1.33. The average molecular weight is 879 g/mol. The van der Waals surface area contributed by atoms with Gasteiger partial charge in [-0.15, -0.1) is 0 Å². The van der Waals surface area contributed by atoms with Crippen LogP contribution in [0, 0.1) is 0 Å². The van der Waals surface area contributed by atoms with Gasteiger partial charge in [0.15, 0.2) is 5.82 Å². The Morgan fingerprint density at radius 3 is 2.58 bits per heavy atom. The number of likely N-dealkylation sites (N-methyl/N-ethyl adjacent to an activating group) is 1. The third-order valence-corrected chi connectivity index (χ3v) is 12.2. The molecule has 2 aliphatic rings. The number of pyridine rings is 1. The number of piperazine rings is 1. The molecule has 1 atom stereocenters. The topological polar surface area (TPSA) is 171 Å². The summed E-state index contributed by atoms with van der Waals surface area (Å²) < 4.78 is 29.9. The van der Waals surface area contributed by atoms with E-state index >= 15 is 0 Å². The van der Waals surface area contributed by atoms with Gasteiger partial charge in [0, 0.05) is 88.1 Å². The number of rotatable bonds is 18. The van der Waals surface area contributed by atoms with E-state index in [1.54, 1.807) is 37.9 Å². The number of hydrogen-bond donors (Lipinski definition) is 2. The van der Waals surface area contributed by atoms with Crippen molar-refractivity contribution in [3.05, 3.63) is 112 Å². The lowest BCUT2D eigenvalue weighted by atomic mass is 9.87. The molecule has 0 saturated carbocycles. The highest BCUT2D eigenvalue weighted by Crippen LogP contribution is 2.45. The third-order valence-electron chi connectivity index (χ3n) is 10.9. The van der Waals surface area contributed by atoms with E-state index in [1.165, 1.54) is 17.7 Å². The number of allylic oxidation sites excluding steroid dienone is 5. The molecule has 14 nitrogen and oxygen atoms in total. The van der Waals surface area contributed by atoms with Crippen LogP contribution < -0.4 is 19.9 Å². The highest BCUT2D eigenvalue weighted by Gasteiger charge is 2.30. The summed E-state index contributed by atoms with van der Waals surface area (Å²) in [6, 6.07) is 16.6. The predicted molar refractivity (Wildman–Crippen MR) is 244 cm³/mol. The lowest BCUT2D eigenvalue weighted by Gasteiger charge is -2.32. The maximum absolute atomic E-state index is 13.0. The fourth-order valence-electron chi connectivity index (χ4n) is 7.49. The van der Waals surface area contributed by atoms with Gasteiger partial charge in [-0.25, -0.2) is 14.8 Å². The van der Waals surface area contributed by atoms with Gasteiger partial charge in [0.1, 0.15) is 30.5 Å². The van der Waals surface area contributed by atoms with Crippen LogP contribution in [0.3, 0.4) is 0 Å². The van der Waals surface area contributed by atoms with Crippen LogP contribution in [0.1, 0.15) is 49.2 Å². The first-order chi connectivity index (χ1) is 30.2. The Morgan fingerprint density at radius 2 is 1.82 bits per heavy atom. The molecule has 1 saturated heterocycles. The molecule has 4 heterocycles. The van der Waals surface area contributed by atoms with Crippen LogP contribution in [0.4, 0.5) is 0 Å². The Kier molecular flexibility index (Phi) is 14.8. The van der Waals surface area contributed by atoms with Crippen LogP contribution in [-0.4, -0.2) is 113 Å². The van der Waals surface area contributed by atoms with Gasteiger partial charge in [0.05, 0.1) is 39.2 Å². The summed E-state index contributed by atoms with van der Waals surface area (Å²) in [4.78, 5) is 36.2. The number of carbonyl (C=O) groups is 1. The van der Waals surface area contributed by atoms with Crippen molar-refractivity contribution in [2.45, 2.75) is 45.8 Å². The van der Waals surface area contributed by atoms with Crippen molar-refractivity contribution in [1.82, 2.24) is 29.1 Å². The van der Waals surface area contributed by atoms with E-state index < -0.39 is 12.1 Å². The summed E-state index contributed by atoms with van der Waals surface area (Å²) in [7, 11) is 3.74. The lowest BCUT2D eigenvalue weighted by Crippen LogP contribution is -2.45. The number of aliphatic imine (C=N–C) groups is 1. The molecule has 1 fully saturated rings. The molecule has 1 aliphatic carbocycles. The first kappa shape index (κ1) is 44.2. The largest absolute Gasteiger partial charge is 0.496 e. The second-order valence-corrected chi connectivity index (χ2v) is 16.1. The van der Waals surface area contributed by atoms with E-state index in [2.05, 4.69) is 31.2 Å². The number of halogens is 1. The standard InChI is InChI=1S/C46H51ClN8O6S/c1-5-49-26-31(25-48)43-40(33-14-15-37(42(47)29(33)2)59-23-22-55-20-18-54(3)19-21-55)41-39(27-51-43)62-53-45(41)61-38(46(56)57)24-30-10-6-8-12-35(30)60-28-32-16-17-50-44(52-32)34-11-7-9-13-36(34)58-4/h6-13,16-17,25-27,38H,5,14-15,18-24,28,48H2,1-4H3,(H,56,57)/t38-/m1/s1. The predicted octanol–water partition coefficient (Wildman–Crippen LogP) is 7.48. The molecule has 3 N–H and O–H groups in total. The summed E-state index contributed by atoms with van der Waals surface area (Å²) >= 11 is 8.30. The van der Waals surface area contributed by atoms with Crippen LogP contribution in [0.2, 0.25) is 0 Å². The molecule has 0 bridgehead atoms. The summed E-state index contributed by atoms with van der Waals surface area (Å²) in [5.74, 6) is 1.39. The number of ether oxygens (including phenoxy) is 4. The van der Waals surface area contributed by atoms with E-state index in [1.807, 2.05) is 56.3 Å². The molecule has 0 radical (unpaired) electrons. The van der Waals surface area contributed by atoms with Crippen molar-refractivity contribution < 1.29 is 28.8 Å². The average Bonchev–Trinajstić information content (AvgIpc) is 3.71. The minimum absolute atomic E-state index is 0.0176. The van der Waals surface area contributed by atoms with E-state index in [4.69, 9.17) is 46.3 Å².